The van der Waals surface area contributed by atoms with Crippen molar-refractivity contribution in [2.75, 3.05) is 6.61 Å². The molecule has 0 spiro atoms. The van der Waals surface area contributed by atoms with Gasteiger partial charge in [0.1, 0.15) is 0 Å². The minimum atomic E-state index is 0.569. The van der Waals surface area contributed by atoms with Crippen LogP contribution in [0.25, 0.3) is 0 Å². The van der Waals surface area contributed by atoms with Gasteiger partial charge in [-0.2, -0.15) is 0 Å². The van der Waals surface area contributed by atoms with E-state index in [9.17, 15) is 0 Å². The summed E-state index contributed by atoms with van der Waals surface area (Å²) in [6, 6.07) is 2.84. The number of hydrogen-bond acceptors (Lipinski definition) is 2. The van der Waals surface area contributed by atoms with E-state index in [2.05, 4.69) is 11.2 Å². The van der Waals surface area contributed by atoms with Crippen LogP contribution in [0.4, 0.5) is 0 Å². The van der Waals surface area contributed by atoms with Crippen LogP contribution in [0.3, 0.4) is 0 Å². The van der Waals surface area contributed by atoms with E-state index in [4.69, 9.17) is 4.74 Å². The van der Waals surface area contributed by atoms with Crippen molar-refractivity contribution in [3.63, 3.8) is 0 Å². The fraction of sp³-hybridized carbons (Fsp3) is 0.500. The largest absolute Gasteiger partial charge is 0.476 e. The molecular weight excluding hydrogens is 116 g/mol. The van der Waals surface area contributed by atoms with Crippen LogP contribution < -0.4 is 4.74 Å². The van der Waals surface area contributed by atoms with Crippen molar-refractivity contribution in [2.45, 2.75) is 6.92 Å². The fourth-order valence-electron chi connectivity index (χ4n) is 0.557. The third-order valence-corrected chi connectivity index (χ3v) is 0.904. The number of nitrogens with zero attached hydrogens (tertiary/aromatic N) is 2. The van der Waals surface area contributed by atoms with Crippen LogP contribution in [0.15, 0.2) is 6.20 Å². The number of aromatic nitrogens is 2. The Balaban J connectivity index is 2.61. The van der Waals surface area contributed by atoms with Gasteiger partial charge >= 0.3 is 0 Å². The van der Waals surface area contributed by atoms with Gasteiger partial charge in [0.15, 0.2) is 0 Å². The quantitative estimate of drug-likeness (QED) is 0.579. The molecule has 0 saturated heterocycles. The van der Waals surface area contributed by atoms with Gasteiger partial charge in [0, 0.05) is 13.2 Å². The molecule has 0 unspecified atom stereocenters. The van der Waals surface area contributed by atoms with E-state index in [1.54, 1.807) is 10.9 Å². The van der Waals surface area contributed by atoms with E-state index < -0.39 is 0 Å². The van der Waals surface area contributed by atoms with Crippen LogP contribution >= 0.6 is 0 Å². The van der Waals surface area contributed by atoms with Gasteiger partial charge in [-0.3, -0.25) is 4.68 Å². The number of rotatable bonds is 2. The minimum Gasteiger partial charge on any atom is -0.476 e. The maximum Gasteiger partial charge on any atom is 0.240 e. The van der Waals surface area contributed by atoms with Crippen LogP contribution in [0.1, 0.15) is 6.92 Å². The summed E-state index contributed by atoms with van der Waals surface area (Å²) in [4.78, 5) is 0. The maximum atomic E-state index is 5.04. The Hall–Kier alpha value is -0.990. The molecule has 3 heteroatoms. The molecule has 1 aromatic heterocycles. The summed E-state index contributed by atoms with van der Waals surface area (Å²) in [6.07, 6.45) is 1.73. The van der Waals surface area contributed by atoms with Crippen LogP contribution in [-0.2, 0) is 7.05 Å². The van der Waals surface area contributed by atoms with Gasteiger partial charge in [0.05, 0.1) is 12.7 Å². The highest BCUT2D eigenvalue weighted by molar-refractivity contribution is 5.02. The predicted octanol–water partition coefficient (Wildman–Crippen LogP) is 0.619. The summed E-state index contributed by atoms with van der Waals surface area (Å²) in [7, 11) is 1.83. The lowest BCUT2D eigenvalue weighted by Crippen LogP contribution is -1.93. The van der Waals surface area contributed by atoms with Crippen LogP contribution in [0, 0.1) is 6.07 Å². The highest BCUT2D eigenvalue weighted by Crippen LogP contribution is 2.01. The third kappa shape index (κ3) is 1.45. The molecule has 1 aromatic rings. The lowest BCUT2D eigenvalue weighted by molar-refractivity contribution is 0.322. The Bertz CT molecular complexity index is 183. The van der Waals surface area contributed by atoms with Crippen molar-refractivity contribution in [1.82, 2.24) is 9.78 Å². The third-order valence-electron chi connectivity index (χ3n) is 0.904. The van der Waals surface area contributed by atoms with E-state index in [1.807, 2.05) is 14.0 Å². The molecule has 0 fully saturated rings. The first-order chi connectivity index (χ1) is 4.33. The molecule has 0 bridgehead atoms. The maximum absolute atomic E-state index is 5.04. The molecule has 0 aliphatic carbocycles. The van der Waals surface area contributed by atoms with Gasteiger partial charge in [-0.15, -0.1) is 5.10 Å². The Labute approximate surface area is 54.2 Å². The molecule has 0 atom stereocenters. The molecule has 0 saturated carbocycles. The second kappa shape index (κ2) is 2.53. The molecule has 9 heavy (non-hydrogen) atoms. The van der Waals surface area contributed by atoms with Crippen molar-refractivity contribution >= 4 is 0 Å². The summed E-state index contributed by atoms with van der Waals surface area (Å²) in [5.41, 5.74) is 0. The van der Waals surface area contributed by atoms with Gasteiger partial charge in [-0.05, 0) is 6.92 Å². The lowest BCUT2D eigenvalue weighted by Gasteiger charge is -1.93. The minimum absolute atomic E-state index is 0.569. The molecule has 0 aromatic carbocycles. The van der Waals surface area contributed by atoms with Crippen molar-refractivity contribution in [3.8, 4) is 5.88 Å². The van der Waals surface area contributed by atoms with Gasteiger partial charge in [-0.25, -0.2) is 0 Å². The summed E-state index contributed by atoms with van der Waals surface area (Å²) in [5, 5.41) is 3.94. The zero-order valence-electron chi connectivity index (χ0n) is 5.59. The van der Waals surface area contributed by atoms with Gasteiger partial charge < -0.3 is 4.74 Å². The Morgan fingerprint density at radius 1 is 1.89 bits per heavy atom. The SMILES string of the molecule is CCOc1[c]cn(C)n1. The second-order valence-electron chi connectivity index (χ2n) is 1.69. The summed E-state index contributed by atoms with van der Waals surface area (Å²) in [5.74, 6) is 0.569. The summed E-state index contributed by atoms with van der Waals surface area (Å²) in [6.45, 7) is 2.57. The average Bonchev–Trinajstić information content (AvgIpc) is 2.17. The first-order valence-electron chi connectivity index (χ1n) is 2.87. The number of aryl methyl sites for hydroxylation is 1. The van der Waals surface area contributed by atoms with Crippen LogP contribution in [0.5, 0.6) is 5.88 Å². The van der Waals surface area contributed by atoms with Gasteiger partial charge in [0.25, 0.3) is 0 Å². The molecule has 1 rings (SSSR count). The van der Waals surface area contributed by atoms with Crippen molar-refractivity contribution in [3.05, 3.63) is 12.3 Å². The van der Waals surface area contributed by atoms with Crippen LogP contribution in [-0.4, -0.2) is 16.4 Å². The summed E-state index contributed by atoms with van der Waals surface area (Å²) >= 11 is 0. The van der Waals surface area contributed by atoms with E-state index in [1.165, 1.54) is 0 Å². The topological polar surface area (TPSA) is 27.1 Å². The first-order valence-corrected chi connectivity index (χ1v) is 2.87. The Morgan fingerprint density at radius 3 is 3.11 bits per heavy atom. The van der Waals surface area contributed by atoms with Crippen molar-refractivity contribution < 1.29 is 4.74 Å². The molecule has 1 radical (unpaired) electrons. The van der Waals surface area contributed by atoms with Crippen LogP contribution in [0.2, 0.25) is 0 Å². The first kappa shape index (κ1) is 6.13. The van der Waals surface area contributed by atoms with E-state index >= 15 is 0 Å². The van der Waals surface area contributed by atoms with Crippen molar-refractivity contribution in [2.24, 2.45) is 7.05 Å². The smallest absolute Gasteiger partial charge is 0.240 e. The highest BCUT2D eigenvalue weighted by Gasteiger charge is 1.92. The average molecular weight is 125 g/mol. The van der Waals surface area contributed by atoms with Gasteiger partial charge in [0.2, 0.25) is 5.88 Å². The molecule has 1 heterocycles. The zero-order chi connectivity index (χ0) is 6.69. The van der Waals surface area contributed by atoms with E-state index in [-0.39, 0.29) is 0 Å². The molecule has 0 aliphatic heterocycles. The fourth-order valence-corrected chi connectivity index (χ4v) is 0.557. The zero-order valence-corrected chi connectivity index (χ0v) is 5.59. The number of hydrogen-bond donors (Lipinski definition) is 0. The normalized spacial score (nSPS) is 9.56. The standard InChI is InChI=1S/C6H9N2O/c1-3-9-6-4-5-8(2)7-6/h5H,3H2,1-2H3. The monoisotopic (exact) mass is 125 g/mol. The number of ether oxygens (including phenoxy) is 1. The van der Waals surface area contributed by atoms with Crippen molar-refractivity contribution in [1.29, 1.82) is 0 Å². The highest BCUT2D eigenvalue weighted by atomic mass is 16.5. The molecule has 3 nitrogen and oxygen atoms in total. The lowest BCUT2D eigenvalue weighted by atomic mass is 10.7. The summed E-state index contributed by atoms with van der Waals surface area (Å²) < 4.78 is 6.70. The second-order valence-corrected chi connectivity index (χ2v) is 1.69. The molecule has 0 amide bonds. The molecular formula is C6H9N2O. The Kier molecular flexibility index (Phi) is 1.72. The van der Waals surface area contributed by atoms with E-state index in [0.29, 0.717) is 12.5 Å². The van der Waals surface area contributed by atoms with Gasteiger partial charge in [-0.1, -0.05) is 0 Å². The van der Waals surface area contributed by atoms with E-state index in [0.717, 1.165) is 0 Å². The Morgan fingerprint density at radius 2 is 2.67 bits per heavy atom. The predicted molar refractivity (Wildman–Crippen MR) is 33.2 cm³/mol. The molecule has 49 valence electrons. The molecule has 0 N–H and O–H groups in total. The molecule has 0 aliphatic rings.